The number of benzene rings is 1. The van der Waals surface area contributed by atoms with Crippen molar-refractivity contribution in [2.24, 2.45) is 0 Å². The van der Waals surface area contributed by atoms with Crippen molar-refractivity contribution in [3.63, 3.8) is 0 Å². The van der Waals surface area contributed by atoms with Crippen molar-refractivity contribution in [3.05, 3.63) is 64.7 Å². The van der Waals surface area contributed by atoms with Gasteiger partial charge in [0, 0.05) is 24.5 Å². The molecule has 0 unspecified atom stereocenters. The van der Waals surface area contributed by atoms with Gasteiger partial charge in [-0.2, -0.15) is 0 Å². The summed E-state index contributed by atoms with van der Waals surface area (Å²) in [6, 6.07) is 7.72. The van der Waals surface area contributed by atoms with Gasteiger partial charge in [-0.15, -0.1) is 0 Å². The molecule has 3 rings (SSSR count). The quantitative estimate of drug-likeness (QED) is 0.686. The molecule has 0 saturated carbocycles. The van der Waals surface area contributed by atoms with Crippen molar-refractivity contribution in [2.75, 3.05) is 7.11 Å². The highest BCUT2D eigenvalue weighted by atomic mass is 16.5. The van der Waals surface area contributed by atoms with Crippen molar-refractivity contribution in [1.29, 1.82) is 0 Å². The van der Waals surface area contributed by atoms with Crippen molar-refractivity contribution < 1.29 is 14.1 Å². The maximum atomic E-state index is 12.9. The first-order valence-electron chi connectivity index (χ1n) is 9.24. The van der Waals surface area contributed by atoms with Gasteiger partial charge in [0.15, 0.2) is 0 Å². The Morgan fingerprint density at radius 2 is 1.93 bits per heavy atom. The van der Waals surface area contributed by atoms with Crippen LogP contribution in [-0.4, -0.2) is 23.2 Å². The Labute approximate surface area is 164 Å². The Hall–Kier alpha value is -3.15. The molecular weight excluding hydrogens is 354 g/mol. The third-order valence-corrected chi connectivity index (χ3v) is 4.79. The zero-order chi connectivity index (χ0) is 20.3. The van der Waals surface area contributed by atoms with Crippen molar-refractivity contribution >= 4 is 5.91 Å². The topological polar surface area (TPSA) is 77.2 Å². The summed E-state index contributed by atoms with van der Waals surface area (Å²) in [5.41, 5.74) is 5.00. The summed E-state index contributed by atoms with van der Waals surface area (Å²) in [5, 5.41) is 7.06. The van der Waals surface area contributed by atoms with E-state index in [1.54, 1.807) is 38.6 Å². The summed E-state index contributed by atoms with van der Waals surface area (Å²) in [7, 11) is 1.68. The van der Waals surface area contributed by atoms with E-state index in [0.717, 1.165) is 28.0 Å². The zero-order valence-corrected chi connectivity index (χ0v) is 16.9. The van der Waals surface area contributed by atoms with Crippen LogP contribution in [0.3, 0.4) is 0 Å². The van der Waals surface area contributed by atoms with E-state index in [-0.39, 0.29) is 5.91 Å². The maximum Gasteiger partial charge on any atom is 0.257 e. The number of amides is 1. The monoisotopic (exact) mass is 379 g/mol. The van der Waals surface area contributed by atoms with Crippen LogP contribution in [0.15, 0.2) is 41.2 Å². The van der Waals surface area contributed by atoms with Gasteiger partial charge in [0.1, 0.15) is 22.8 Å². The van der Waals surface area contributed by atoms with Crippen LogP contribution in [0.5, 0.6) is 5.75 Å². The minimum absolute atomic E-state index is 0.216. The molecule has 0 aliphatic rings. The SMILES string of the molecule is COc1cc(C)c(CNC(=O)c2c(-c3ccncc3)noc2C)cc1C(C)C. The fraction of sp³-hybridized carbons (Fsp3) is 0.318. The minimum atomic E-state index is -0.216. The van der Waals surface area contributed by atoms with E-state index in [9.17, 15) is 4.79 Å². The van der Waals surface area contributed by atoms with Gasteiger partial charge in [0.2, 0.25) is 0 Å². The lowest BCUT2D eigenvalue weighted by molar-refractivity contribution is 0.0950. The van der Waals surface area contributed by atoms with E-state index in [2.05, 4.69) is 35.4 Å². The first-order valence-corrected chi connectivity index (χ1v) is 9.24. The standard InChI is InChI=1S/C22H25N3O3/c1-13(2)18-11-17(14(3)10-19(18)27-5)12-24-22(26)20-15(4)28-25-21(20)16-6-8-23-9-7-16/h6-11,13H,12H2,1-5H3,(H,24,26). The number of aromatic nitrogens is 2. The number of ether oxygens (including phenoxy) is 1. The second kappa shape index (κ2) is 8.25. The van der Waals surface area contributed by atoms with E-state index >= 15 is 0 Å². The average Bonchev–Trinajstić information content (AvgIpc) is 3.08. The van der Waals surface area contributed by atoms with Gasteiger partial charge in [-0.25, -0.2) is 0 Å². The lowest BCUT2D eigenvalue weighted by Crippen LogP contribution is -2.24. The molecule has 0 saturated heterocycles. The van der Waals surface area contributed by atoms with Gasteiger partial charge in [0.25, 0.3) is 5.91 Å². The molecule has 0 fully saturated rings. The van der Waals surface area contributed by atoms with Crippen LogP contribution >= 0.6 is 0 Å². The van der Waals surface area contributed by atoms with Gasteiger partial charge >= 0.3 is 0 Å². The Morgan fingerprint density at radius 1 is 1.21 bits per heavy atom. The molecule has 2 aromatic heterocycles. The van der Waals surface area contributed by atoms with Crippen LogP contribution in [0.4, 0.5) is 0 Å². The molecule has 146 valence electrons. The molecule has 0 radical (unpaired) electrons. The van der Waals surface area contributed by atoms with Crippen LogP contribution in [0.1, 0.15) is 52.6 Å². The smallest absolute Gasteiger partial charge is 0.257 e. The fourth-order valence-corrected chi connectivity index (χ4v) is 3.17. The third kappa shape index (κ3) is 3.91. The molecule has 6 heteroatoms. The number of carbonyl (C=O) groups excluding carboxylic acids is 1. The third-order valence-electron chi connectivity index (χ3n) is 4.79. The molecule has 1 N–H and O–H groups in total. The van der Waals surface area contributed by atoms with Gasteiger partial charge in [-0.1, -0.05) is 19.0 Å². The number of rotatable bonds is 6. The molecule has 0 spiro atoms. The number of hydrogen-bond donors (Lipinski definition) is 1. The Balaban J connectivity index is 1.84. The highest BCUT2D eigenvalue weighted by Crippen LogP contribution is 2.30. The van der Waals surface area contributed by atoms with Gasteiger partial charge < -0.3 is 14.6 Å². The summed E-state index contributed by atoms with van der Waals surface area (Å²) in [4.78, 5) is 16.9. The van der Waals surface area contributed by atoms with E-state index < -0.39 is 0 Å². The molecule has 0 aliphatic heterocycles. The predicted molar refractivity (Wildman–Crippen MR) is 107 cm³/mol. The average molecular weight is 379 g/mol. The van der Waals surface area contributed by atoms with Crippen molar-refractivity contribution in [3.8, 4) is 17.0 Å². The van der Waals surface area contributed by atoms with E-state index in [0.29, 0.717) is 29.5 Å². The molecule has 1 aromatic carbocycles. The molecule has 2 heterocycles. The summed E-state index contributed by atoms with van der Waals surface area (Å²) >= 11 is 0. The maximum absolute atomic E-state index is 12.9. The summed E-state index contributed by atoms with van der Waals surface area (Å²) in [6.07, 6.45) is 3.32. The van der Waals surface area contributed by atoms with Crippen molar-refractivity contribution in [1.82, 2.24) is 15.5 Å². The van der Waals surface area contributed by atoms with Crippen LogP contribution in [0.2, 0.25) is 0 Å². The summed E-state index contributed by atoms with van der Waals surface area (Å²) in [5.74, 6) is 1.46. The van der Waals surface area contributed by atoms with Crippen LogP contribution in [-0.2, 0) is 6.54 Å². The number of aryl methyl sites for hydroxylation is 2. The molecule has 0 atom stereocenters. The van der Waals surface area contributed by atoms with Gasteiger partial charge in [-0.3, -0.25) is 9.78 Å². The highest BCUT2D eigenvalue weighted by molar-refractivity contribution is 6.00. The number of pyridine rings is 1. The van der Waals surface area contributed by atoms with Crippen LogP contribution < -0.4 is 10.1 Å². The first kappa shape index (κ1) is 19.6. The summed E-state index contributed by atoms with van der Waals surface area (Å²) in [6.45, 7) is 8.41. The highest BCUT2D eigenvalue weighted by Gasteiger charge is 2.22. The Kier molecular flexibility index (Phi) is 5.78. The number of nitrogens with one attached hydrogen (secondary N) is 1. The fourth-order valence-electron chi connectivity index (χ4n) is 3.17. The molecule has 1 amide bonds. The lowest BCUT2D eigenvalue weighted by atomic mass is 9.96. The normalized spacial score (nSPS) is 10.9. The predicted octanol–water partition coefficient (Wildman–Crippen LogP) is 4.42. The van der Waals surface area contributed by atoms with E-state index in [1.807, 2.05) is 13.0 Å². The molecule has 0 aliphatic carbocycles. The number of carbonyl (C=O) groups is 1. The summed E-state index contributed by atoms with van der Waals surface area (Å²) < 4.78 is 10.8. The molecule has 28 heavy (non-hydrogen) atoms. The molecule has 6 nitrogen and oxygen atoms in total. The first-order chi connectivity index (χ1) is 13.4. The second-order valence-electron chi connectivity index (χ2n) is 7.06. The Morgan fingerprint density at radius 3 is 2.57 bits per heavy atom. The van der Waals surface area contributed by atoms with Gasteiger partial charge in [-0.05, 0) is 60.7 Å². The number of nitrogens with zero attached hydrogens (tertiary/aromatic N) is 2. The number of hydrogen-bond acceptors (Lipinski definition) is 5. The number of methoxy groups -OCH3 is 1. The zero-order valence-electron chi connectivity index (χ0n) is 16.9. The van der Waals surface area contributed by atoms with E-state index in [4.69, 9.17) is 9.26 Å². The second-order valence-corrected chi connectivity index (χ2v) is 7.06. The lowest BCUT2D eigenvalue weighted by Gasteiger charge is -2.16. The Bertz CT molecular complexity index is 978. The largest absolute Gasteiger partial charge is 0.496 e. The minimum Gasteiger partial charge on any atom is -0.496 e. The van der Waals surface area contributed by atoms with Gasteiger partial charge in [0.05, 0.1) is 7.11 Å². The molecular formula is C22H25N3O3. The van der Waals surface area contributed by atoms with Crippen LogP contribution in [0.25, 0.3) is 11.3 Å². The van der Waals surface area contributed by atoms with Crippen molar-refractivity contribution in [2.45, 2.75) is 40.2 Å². The molecule has 3 aromatic rings. The van der Waals surface area contributed by atoms with Crippen LogP contribution in [0, 0.1) is 13.8 Å². The van der Waals surface area contributed by atoms with E-state index in [1.165, 1.54) is 0 Å². The molecule has 0 bridgehead atoms.